The van der Waals surface area contributed by atoms with Crippen LogP contribution in [0.5, 0.6) is 0 Å². The van der Waals surface area contributed by atoms with Crippen LogP contribution in [0.15, 0.2) is 11.6 Å². The minimum Gasteiger partial charge on any atom is -0.391 e. The number of rotatable bonds is 5. The summed E-state index contributed by atoms with van der Waals surface area (Å²) >= 11 is 1.61. The number of hydrogen-bond donors (Lipinski definition) is 1. The van der Waals surface area contributed by atoms with E-state index >= 15 is 0 Å². The second-order valence-electron chi connectivity index (χ2n) is 4.96. The van der Waals surface area contributed by atoms with E-state index in [2.05, 4.69) is 23.7 Å². The minimum atomic E-state index is -0.383. The van der Waals surface area contributed by atoms with Gasteiger partial charge in [-0.2, -0.15) is 0 Å². The highest BCUT2D eigenvalue weighted by Gasteiger charge is 2.38. The van der Waals surface area contributed by atoms with Crippen molar-refractivity contribution in [3.8, 4) is 0 Å². The molecular weight excluding hydrogens is 248 g/mol. The Morgan fingerprint density at radius 2 is 2.28 bits per heavy atom. The Labute approximate surface area is 113 Å². The lowest BCUT2D eigenvalue weighted by molar-refractivity contribution is -0.0714. The van der Waals surface area contributed by atoms with E-state index in [0.717, 1.165) is 37.7 Å². The Bertz CT molecular complexity index is 352. The van der Waals surface area contributed by atoms with Crippen LogP contribution in [0, 0.1) is 0 Å². The zero-order valence-electron chi connectivity index (χ0n) is 11.1. The van der Waals surface area contributed by atoms with Crippen LogP contribution in [-0.4, -0.2) is 52.9 Å². The predicted octanol–water partition coefficient (Wildman–Crippen LogP) is 1.55. The van der Waals surface area contributed by atoms with Gasteiger partial charge in [0.25, 0.3) is 0 Å². The third-order valence-electron chi connectivity index (χ3n) is 4.02. The molecule has 0 aliphatic carbocycles. The average Bonchev–Trinajstić information content (AvgIpc) is 2.91. The molecule has 0 radical (unpaired) electrons. The fourth-order valence-corrected chi connectivity index (χ4v) is 3.14. The van der Waals surface area contributed by atoms with Gasteiger partial charge in [0.15, 0.2) is 0 Å². The van der Waals surface area contributed by atoms with E-state index in [-0.39, 0.29) is 11.6 Å². The zero-order valence-corrected chi connectivity index (χ0v) is 11.9. The molecular formula is C13H22N2O2S. The summed E-state index contributed by atoms with van der Waals surface area (Å²) < 4.78 is 5.39. The summed E-state index contributed by atoms with van der Waals surface area (Å²) in [4.78, 5) is 6.62. The maximum Gasteiger partial charge on any atom is 0.0951 e. The van der Waals surface area contributed by atoms with Crippen LogP contribution in [0.1, 0.15) is 25.3 Å². The molecule has 0 bridgehead atoms. The van der Waals surface area contributed by atoms with Crippen molar-refractivity contribution in [2.75, 3.05) is 26.3 Å². The van der Waals surface area contributed by atoms with E-state index in [4.69, 9.17) is 4.74 Å². The van der Waals surface area contributed by atoms with Crippen LogP contribution in [0.25, 0.3) is 0 Å². The van der Waals surface area contributed by atoms with Crippen LogP contribution >= 0.6 is 11.3 Å². The third kappa shape index (κ3) is 2.91. The molecule has 1 saturated heterocycles. The van der Waals surface area contributed by atoms with E-state index in [0.29, 0.717) is 6.42 Å². The Kier molecular flexibility index (Phi) is 4.72. The number of aromatic nitrogens is 1. The summed E-state index contributed by atoms with van der Waals surface area (Å²) in [6.45, 7) is 7.62. The van der Waals surface area contributed by atoms with E-state index < -0.39 is 0 Å². The number of nitrogens with zero attached hydrogens (tertiary/aromatic N) is 2. The summed E-state index contributed by atoms with van der Waals surface area (Å²) in [5, 5.41) is 13.5. The van der Waals surface area contributed by atoms with Crippen molar-refractivity contribution in [2.24, 2.45) is 0 Å². The van der Waals surface area contributed by atoms with Gasteiger partial charge in [0.05, 0.1) is 24.3 Å². The largest absolute Gasteiger partial charge is 0.391 e. The van der Waals surface area contributed by atoms with Gasteiger partial charge in [-0.3, -0.25) is 4.90 Å². The highest BCUT2D eigenvalue weighted by atomic mass is 32.1. The van der Waals surface area contributed by atoms with Crippen molar-refractivity contribution >= 4 is 11.3 Å². The van der Waals surface area contributed by atoms with Crippen LogP contribution in [0.2, 0.25) is 0 Å². The summed E-state index contributed by atoms with van der Waals surface area (Å²) in [6, 6.07) is 0. The molecule has 2 unspecified atom stereocenters. The Morgan fingerprint density at radius 1 is 1.56 bits per heavy atom. The Hall–Kier alpha value is -0.490. The van der Waals surface area contributed by atoms with E-state index in [9.17, 15) is 5.11 Å². The average molecular weight is 270 g/mol. The Balaban J connectivity index is 2.04. The van der Waals surface area contributed by atoms with Crippen molar-refractivity contribution in [1.82, 2.24) is 9.88 Å². The highest BCUT2D eigenvalue weighted by Crippen LogP contribution is 2.27. The second-order valence-corrected chi connectivity index (χ2v) is 5.94. The van der Waals surface area contributed by atoms with Gasteiger partial charge in [-0.15, -0.1) is 11.3 Å². The molecule has 4 nitrogen and oxygen atoms in total. The number of aliphatic hydroxyl groups excluding tert-OH is 1. The molecule has 1 aromatic rings. The van der Waals surface area contributed by atoms with Gasteiger partial charge in [0, 0.05) is 36.6 Å². The second kappa shape index (κ2) is 6.10. The first kappa shape index (κ1) is 13.9. The monoisotopic (exact) mass is 270 g/mol. The van der Waals surface area contributed by atoms with Gasteiger partial charge in [-0.1, -0.05) is 6.92 Å². The molecule has 1 aromatic heterocycles. The molecule has 1 fully saturated rings. The molecule has 102 valence electrons. The van der Waals surface area contributed by atoms with E-state index in [1.54, 1.807) is 17.5 Å². The zero-order chi connectivity index (χ0) is 13.0. The van der Waals surface area contributed by atoms with Gasteiger partial charge in [-0.05, 0) is 13.3 Å². The van der Waals surface area contributed by atoms with E-state index in [1.807, 2.05) is 5.38 Å². The van der Waals surface area contributed by atoms with Gasteiger partial charge >= 0.3 is 0 Å². The van der Waals surface area contributed by atoms with Crippen molar-refractivity contribution in [3.05, 3.63) is 16.6 Å². The first-order valence-electron chi connectivity index (χ1n) is 6.56. The predicted molar refractivity (Wildman–Crippen MR) is 72.9 cm³/mol. The molecule has 0 amide bonds. The van der Waals surface area contributed by atoms with Crippen LogP contribution in [0.3, 0.4) is 0 Å². The molecule has 0 aromatic carbocycles. The molecule has 1 aliphatic rings. The first-order chi connectivity index (χ1) is 8.66. The topological polar surface area (TPSA) is 45.6 Å². The first-order valence-corrected chi connectivity index (χ1v) is 7.44. The molecule has 1 N–H and O–H groups in total. The maximum absolute atomic E-state index is 10.6. The smallest absolute Gasteiger partial charge is 0.0951 e. The fourth-order valence-electron chi connectivity index (χ4n) is 2.48. The van der Waals surface area contributed by atoms with Crippen molar-refractivity contribution in [1.29, 1.82) is 0 Å². The van der Waals surface area contributed by atoms with Crippen molar-refractivity contribution < 1.29 is 9.84 Å². The number of aliphatic hydroxyl groups is 1. The number of morpholine rings is 1. The normalized spacial score (nSPS) is 22.6. The third-order valence-corrected chi connectivity index (χ3v) is 4.82. The lowest BCUT2D eigenvalue weighted by atomic mass is 9.87. The van der Waals surface area contributed by atoms with Crippen molar-refractivity contribution in [2.45, 2.75) is 38.3 Å². The van der Waals surface area contributed by atoms with Crippen molar-refractivity contribution in [3.63, 3.8) is 0 Å². The van der Waals surface area contributed by atoms with E-state index in [1.165, 1.54) is 0 Å². The quantitative estimate of drug-likeness (QED) is 0.882. The number of ether oxygens (including phenoxy) is 1. The molecule has 2 rings (SSSR count). The molecule has 0 spiro atoms. The molecule has 0 saturated carbocycles. The van der Waals surface area contributed by atoms with Crippen LogP contribution in [-0.2, 0) is 11.2 Å². The minimum absolute atomic E-state index is 0.185. The molecule has 2 heterocycles. The summed E-state index contributed by atoms with van der Waals surface area (Å²) in [7, 11) is 0. The van der Waals surface area contributed by atoms with Gasteiger partial charge in [0.2, 0.25) is 0 Å². The molecule has 1 aliphatic heterocycles. The molecule has 18 heavy (non-hydrogen) atoms. The SMILES string of the molecule is CCC(C)(C(O)Cc1nccs1)N1CCOCC1. The maximum atomic E-state index is 10.6. The molecule has 2 atom stereocenters. The summed E-state index contributed by atoms with van der Waals surface area (Å²) in [6.07, 6.45) is 2.98. The lowest BCUT2D eigenvalue weighted by Crippen LogP contribution is -2.58. The van der Waals surface area contributed by atoms with Crippen LogP contribution < -0.4 is 0 Å². The lowest BCUT2D eigenvalue weighted by Gasteiger charge is -2.45. The number of thiazole rings is 1. The Morgan fingerprint density at radius 3 is 2.83 bits per heavy atom. The van der Waals surface area contributed by atoms with Gasteiger partial charge in [0.1, 0.15) is 0 Å². The summed E-state index contributed by atoms with van der Waals surface area (Å²) in [5.41, 5.74) is -0.185. The highest BCUT2D eigenvalue weighted by molar-refractivity contribution is 7.09. The number of hydrogen-bond acceptors (Lipinski definition) is 5. The fraction of sp³-hybridized carbons (Fsp3) is 0.769. The summed E-state index contributed by atoms with van der Waals surface area (Å²) in [5.74, 6) is 0. The van der Waals surface area contributed by atoms with Gasteiger partial charge < -0.3 is 9.84 Å². The molecule has 5 heteroatoms. The standard InChI is InChI=1S/C13H22N2O2S/c1-3-13(2,15-5-7-17-8-6-15)11(16)10-12-14-4-9-18-12/h4,9,11,16H,3,5-8,10H2,1-2H3. The van der Waals surface area contributed by atoms with Gasteiger partial charge in [-0.25, -0.2) is 4.98 Å². The van der Waals surface area contributed by atoms with Crippen LogP contribution in [0.4, 0.5) is 0 Å².